The maximum atomic E-state index is 14.0. The predicted octanol–water partition coefficient (Wildman–Crippen LogP) is 3.93. The van der Waals surface area contributed by atoms with Crippen molar-refractivity contribution in [1.29, 1.82) is 0 Å². The Kier molecular flexibility index (Phi) is 12.4. The monoisotopic (exact) mass is 768 g/mol. The van der Waals surface area contributed by atoms with E-state index in [-0.39, 0.29) is 36.1 Å². The van der Waals surface area contributed by atoms with Crippen molar-refractivity contribution in [2.45, 2.75) is 63.6 Å². The van der Waals surface area contributed by atoms with Crippen molar-refractivity contribution in [3.8, 4) is 5.75 Å². The van der Waals surface area contributed by atoms with Crippen LogP contribution in [-0.4, -0.2) is 144 Å². The van der Waals surface area contributed by atoms with Crippen LogP contribution >= 0.6 is 15.9 Å². The smallest absolute Gasteiger partial charge is 0.410 e. The number of hydrogen-bond acceptors (Lipinski definition) is 9. The van der Waals surface area contributed by atoms with Crippen LogP contribution in [0.15, 0.2) is 46.9 Å². The van der Waals surface area contributed by atoms with Crippen LogP contribution in [0.1, 0.15) is 43.7 Å². The molecule has 276 valence electrons. The molecule has 6 rings (SSSR count). The SMILES string of the molecule is CCOC(=O)CN1CCC(N2CCN(C(=O)[C@@H](Cc3ccc(O)c(Br)c3)OC(=O)N3CCC(N4CCc5ccccc5NC4=O)CC3)CC2)CC1. The first-order valence-electron chi connectivity index (χ1n) is 18.2. The van der Waals surface area contributed by atoms with Crippen LogP contribution in [0.2, 0.25) is 0 Å². The van der Waals surface area contributed by atoms with Crippen LogP contribution in [0.25, 0.3) is 0 Å². The summed E-state index contributed by atoms with van der Waals surface area (Å²) in [4.78, 5) is 62.5. The number of hydrogen-bond donors (Lipinski definition) is 2. The number of likely N-dealkylation sites (tertiary alicyclic amines) is 2. The highest BCUT2D eigenvalue weighted by molar-refractivity contribution is 9.10. The molecule has 3 fully saturated rings. The lowest BCUT2D eigenvalue weighted by Gasteiger charge is -2.43. The highest BCUT2D eigenvalue weighted by Crippen LogP contribution is 2.28. The number of nitrogens with one attached hydrogen (secondary N) is 1. The van der Waals surface area contributed by atoms with E-state index in [9.17, 15) is 24.3 Å². The van der Waals surface area contributed by atoms with Gasteiger partial charge in [0.1, 0.15) is 5.75 Å². The number of carbonyl (C=O) groups excluding carboxylic acids is 4. The van der Waals surface area contributed by atoms with Crippen LogP contribution in [-0.2, 0) is 31.9 Å². The molecule has 3 saturated heterocycles. The fourth-order valence-corrected chi connectivity index (χ4v) is 8.13. The number of ether oxygens (including phenoxy) is 2. The number of para-hydroxylation sites is 1. The zero-order valence-corrected chi connectivity index (χ0v) is 30.9. The van der Waals surface area contributed by atoms with Crippen molar-refractivity contribution in [2.24, 2.45) is 0 Å². The Morgan fingerprint density at radius 3 is 2.31 bits per heavy atom. The molecule has 0 radical (unpaired) electrons. The van der Waals surface area contributed by atoms with Crippen molar-refractivity contribution in [3.63, 3.8) is 0 Å². The van der Waals surface area contributed by atoms with Crippen molar-refractivity contribution < 1.29 is 33.8 Å². The van der Waals surface area contributed by atoms with Gasteiger partial charge in [-0.15, -0.1) is 0 Å². The molecular weight excluding hydrogens is 720 g/mol. The number of piperazine rings is 1. The van der Waals surface area contributed by atoms with Crippen LogP contribution in [0, 0.1) is 0 Å². The summed E-state index contributed by atoms with van der Waals surface area (Å²) in [6, 6.07) is 13.1. The first-order valence-corrected chi connectivity index (χ1v) is 19.0. The largest absolute Gasteiger partial charge is 0.507 e. The summed E-state index contributed by atoms with van der Waals surface area (Å²) >= 11 is 3.36. The molecule has 2 N–H and O–H groups in total. The fraction of sp³-hybridized carbons (Fsp3) is 0.568. The second-order valence-electron chi connectivity index (χ2n) is 13.8. The molecule has 0 aromatic heterocycles. The number of halogens is 1. The second kappa shape index (κ2) is 17.1. The van der Waals surface area contributed by atoms with Gasteiger partial charge in [-0.2, -0.15) is 0 Å². The third-order valence-corrected chi connectivity index (χ3v) is 11.2. The van der Waals surface area contributed by atoms with E-state index >= 15 is 0 Å². The van der Waals surface area contributed by atoms with Crippen LogP contribution in [0.5, 0.6) is 5.75 Å². The Balaban J connectivity index is 1.03. The van der Waals surface area contributed by atoms with E-state index in [1.807, 2.05) is 36.1 Å². The maximum absolute atomic E-state index is 14.0. The number of urea groups is 1. The number of anilines is 1. The number of fused-ring (bicyclic) bond motifs is 1. The minimum absolute atomic E-state index is 0.00348. The van der Waals surface area contributed by atoms with E-state index in [1.165, 1.54) is 0 Å². The quantitative estimate of drug-likeness (QED) is 0.364. The average molecular weight is 770 g/mol. The van der Waals surface area contributed by atoms with Gasteiger partial charge in [-0.25, -0.2) is 9.59 Å². The number of phenolic OH excluding ortho intramolecular Hbond substituents is 1. The molecular formula is C37H49BrN6O7. The van der Waals surface area contributed by atoms with Gasteiger partial charge < -0.3 is 34.6 Å². The first-order chi connectivity index (χ1) is 24.7. The van der Waals surface area contributed by atoms with E-state index in [1.54, 1.807) is 28.0 Å². The summed E-state index contributed by atoms with van der Waals surface area (Å²) in [5.74, 6) is -0.325. The van der Waals surface area contributed by atoms with Crippen molar-refractivity contribution in [2.75, 3.05) is 77.4 Å². The molecule has 2 aromatic carbocycles. The third-order valence-electron chi connectivity index (χ3n) is 10.6. The topological polar surface area (TPSA) is 135 Å². The van der Waals surface area contributed by atoms with Gasteiger partial charge >= 0.3 is 18.1 Å². The Bertz CT molecular complexity index is 1550. The number of aromatic hydroxyl groups is 1. The van der Waals surface area contributed by atoms with Crippen LogP contribution < -0.4 is 5.32 Å². The highest BCUT2D eigenvalue weighted by atomic mass is 79.9. The van der Waals surface area contributed by atoms with Gasteiger partial charge in [-0.1, -0.05) is 24.3 Å². The number of nitrogens with zero attached hydrogens (tertiary/aromatic N) is 5. The zero-order valence-electron chi connectivity index (χ0n) is 29.3. The lowest BCUT2D eigenvalue weighted by molar-refractivity contribution is -0.144. The molecule has 51 heavy (non-hydrogen) atoms. The molecule has 0 aliphatic carbocycles. The molecule has 0 saturated carbocycles. The van der Waals surface area contributed by atoms with Crippen molar-refractivity contribution in [1.82, 2.24) is 24.5 Å². The second-order valence-corrected chi connectivity index (χ2v) is 14.6. The number of rotatable bonds is 9. The molecule has 2 aromatic rings. The van der Waals surface area contributed by atoms with E-state index < -0.39 is 12.2 Å². The molecule has 4 aliphatic rings. The average Bonchev–Trinajstić information content (AvgIpc) is 3.31. The van der Waals surface area contributed by atoms with Gasteiger partial charge in [0.2, 0.25) is 0 Å². The number of esters is 1. The highest BCUT2D eigenvalue weighted by Gasteiger charge is 2.36. The summed E-state index contributed by atoms with van der Waals surface area (Å²) in [6.07, 6.45) is 2.52. The van der Waals surface area contributed by atoms with Gasteiger partial charge in [0, 0.05) is 83.1 Å². The van der Waals surface area contributed by atoms with Crippen LogP contribution in [0.3, 0.4) is 0 Å². The summed E-state index contributed by atoms with van der Waals surface area (Å²) in [5.41, 5.74) is 2.71. The Labute approximate surface area is 307 Å². The zero-order chi connectivity index (χ0) is 35.9. The van der Waals surface area contributed by atoms with Gasteiger partial charge in [0.25, 0.3) is 5.91 Å². The van der Waals surface area contributed by atoms with Gasteiger partial charge in [0.05, 0.1) is 17.6 Å². The van der Waals surface area contributed by atoms with Gasteiger partial charge in [-0.3, -0.25) is 19.4 Å². The van der Waals surface area contributed by atoms with Crippen molar-refractivity contribution >= 4 is 45.6 Å². The van der Waals surface area contributed by atoms with E-state index in [0.717, 1.165) is 62.3 Å². The van der Waals surface area contributed by atoms with Crippen LogP contribution in [0.4, 0.5) is 15.3 Å². The normalized spacial score (nSPS) is 20.3. The molecule has 0 spiro atoms. The predicted molar refractivity (Wildman–Crippen MR) is 194 cm³/mol. The molecule has 4 heterocycles. The molecule has 13 nitrogen and oxygen atoms in total. The summed E-state index contributed by atoms with van der Waals surface area (Å²) < 4.78 is 11.6. The van der Waals surface area contributed by atoms with E-state index in [2.05, 4.69) is 31.0 Å². The molecule has 4 amide bonds. The molecule has 4 aliphatic heterocycles. The number of amides is 4. The Morgan fingerprint density at radius 2 is 1.61 bits per heavy atom. The summed E-state index contributed by atoms with van der Waals surface area (Å²) in [7, 11) is 0. The standard InChI is InChI=1S/C37H49BrN6O7/c1-2-50-34(46)25-40-14-10-28(11-15-40)41-19-21-42(22-20-41)35(47)33(24-26-7-8-32(45)30(38)23-26)51-37(49)43-16-12-29(13-17-43)44-18-9-27-5-3-4-6-31(27)39-36(44)48/h3-8,23,28-29,33,45H,2,9-22,24-25H2,1H3,(H,39,48)/t33-/m1/s1. The minimum Gasteiger partial charge on any atom is -0.507 e. The number of carbonyl (C=O) groups is 4. The summed E-state index contributed by atoms with van der Waals surface area (Å²) in [6.45, 7) is 8.15. The number of piperidine rings is 2. The molecule has 0 unspecified atom stereocenters. The van der Waals surface area contributed by atoms with Crippen molar-refractivity contribution in [3.05, 3.63) is 58.1 Å². The third kappa shape index (κ3) is 9.32. The lowest BCUT2D eigenvalue weighted by Crippen LogP contribution is -2.57. The maximum Gasteiger partial charge on any atom is 0.410 e. The minimum atomic E-state index is -1.03. The number of phenols is 1. The lowest BCUT2D eigenvalue weighted by atomic mass is 10.0. The Hall–Kier alpha value is -3.88. The number of benzene rings is 2. The van der Waals surface area contributed by atoms with Gasteiger partial charge in [0.15, 0.2) is 6.10 Å². The first kappa shape index (κ1) is 36.9. The molecule has 1 atom stereocenters. The Morgan fingerprint density at radius 1 is 0.902 bits per heavy atom. The van der Waals surface area contributed by atoms with E-state index in [0.29, 0.717) is 69.2 Å². The van der Waals surface area contributed by atoms with E-state index in [4.69, 9.17) is 9.47 Å². The molecule has 0 bridgehead atoms. The fourth-order valence-electron chi connectivity index (χ4n) is 7.71. The molecule has 14 heteroatoms. The van der Waals surface area contributed by atoms with Gasteiger partial charge in [-0.05, 0) is 84.3 Å². The summed E-state index contributed by atoms with van der Waals surface area (Å²) in [5, 5.41) is 13.1.